The van der Waals surface area contributed by atoms with Crippen LogP contribution in [0.25, 0.3) is 0 Å². The number of hydrogen-bond donors (Lipinski definition) is 1. The molecule has 1 saturated heterocycles. The first kappa shape index (κ1) is 15.0. The highest BCUT2D eigenvalue weighted by atomic mass is 32.2. The van der Waals surface area contributed by atoms with Gasteiger partial charge in [0.05, 0.1) is 0 Å². The molecule has 1 aliphatic carbocycles. The maximum Gasteiger partial charge on any atom is 0.279 e. The fourth-order valence-electron chi connectivity index (χ4n) is 3.20. The zero-order valence-corrected chi connectivity index (χ0v) is 13.4. The predicted molar refractivity (Wildman–Crippen MR) is 84.2 cm³/mol. The van der Waals surface area contributed by atoms with Crippen molar-refractivity contribution in [3.63, 3.8) is 0 Å². The van der Waals surface area contributed by atoms with Gasteiger partial charge in [0, 0.05) is 25.0 Å². The first-order valence-corrected chi connectivity index (χ1v) is 9.26. The topological polar surface area (TPSA) is 49.4 Å². The molecule has 0 radical (unpaired) electrons. The predicted octanol–water partition coefficient (Wildman–Crippen LogP) is 2.28. The van der Waals surface area contributed by atoms with Gasteiger partial charge in [0.2, 0.25) is 0 Å². The third kappa shape index (κ3) is 3.30. The normalized spacial score (nSPS) is 25.7. The molecule has 0 aromatic heterocycles. The van der Waals surface area contributed by atoms with Gasteiger partial charge < -0.3 is 0 Å². The lowest BCUT2D eigenvalue weighted by Gasteiger charge is -2.30. The van der Waals surface area contributed by atoms with Crippen LogP contribution in [0.1, 0.15) is 38.2 Å². The summed E-state index contributed by atoms with van der Waals surface area (Å²) in [6, 6.07) is 10.2. The summed E-state index contributed by atoms with van der Waals surface area (Å²) in [4.78, 5) is 0. The number of nitrogens with one attached hydrogen (secondary N) is 1. The zero-order valence-electron chi connectivity index (χ0n) is 12.6. The van der Waals surface area contributed by atoms with Crippen LogP contribution in [0.2, 0.25) is 0 Å². The Balaban J connectivity index is 1.64. The Kier molecular flexibility index (Phi) is 4.08. The number of rotatable bonds is 5. The van der Waals surface area contributed by atoms with Crippen LogP contribution in [0.3, 0.4) is 0 Å². The molecule has 1 atom stereocenters. The van der Waals surface area contributed by atoms with E-state index in [0.29, 0.717) is 25.6 Å². The summed E-state index contributed by atoms with van der Waals surface area (Å²) in [5.41, 5.74) is 1.27. The van der Waals surface area contributed by atoms with Crippen molar-refractivity contribution in [2.75, 3.05) is 19.6 Å². The molecule has 0 bridgehead atoms. The molecule has 2 aliphatic rings. The Hall–Kier alpha value is -0.910. The summed E-state index contributed by atoms with van der Waals surface area (Å²) in [6.45, 7) is 3.93. The molecule has 0 amide bonds. The maximum atomic E-state index is 12.5. The van der Waals surface area contributed by atoms with Crippen LogP contribution in [-0.4, -0.2) is 32.4 Å². The molecule has 1 N–H and O–H groups in total. The van der Waals surface area contributed by atoms with Crippen LogP contribution in [0, 0.1) is 5.92 Å². The summed E-state index contributed by atoms with van der Waals surface area (Å²) in [7, 11) is -3.33. The summed E-state index contributed by atoms with van der Waals surface area (Å²) < 4.78 is 29.4. The van der Waals surface area contributed by atoms with Gasteiger partial charge in [0.25, 0.3) is 10.2 Å². The molecular weight excluding hydrogens is 284 g/mol. The lowest BCUT2D eigenvalue weighted by molar-refractivity contribution is 0.278. The molecule has 2 fully saturated rings. The van der Waals surface area contributed by atoms with E-state index in [4.69, 9.17) is 0 Å². The number of benzene rings is 1. The minimum Gasteiger partial charge on any atom is -0.201 e. The Bertz CT molecular complexity index is 582. The molecule has 1 saturated carbocycles. The quantitative estimate of drug-likeness (QED) is 0.907. The molecule has 1 aromatic carbocycles. The minimum atomic E-state index is -3.33. The van der Waals surface area contributed by atoms with E-state index in [2.05, 4.69) is 23.8 Å². The van der Waals surface area contributed by atoms with E-state index < -0.39 is 10.2 Å². The van der Waals surface area contributed by atoms with Gasteiger partial charge in [-0.05, 0) is 37.2 Å². The van der Waals surface area contributed by atoms with Gasteiger partial charge in [-0.1, -0.05) is 37.3 Å². The van der Waals surface area contributed by atoms with Gasteiger partial charge in [-0.15, -0.1) is 0 Å². The van der Waals surface area contributed by atoms with Crippen molar-refractivity contribution < 1.29 is 8.42 Å². The van der Waals surface area contributed by atoms with E-state index in [-0.39, 0.29) is 5.41 Å². The standard InChI is InChI=1S/C16H24N2O2S/c1-14-6-5-11-18(12-14)21(19,20)17-13-16(9-10-16)15-7-3-2-4-8-15/h2-4,7-8,14,17H,5-6,9-13H2,1H3/t14-/m1/s1. The third-order valence-corrected chi connectivity index (χ3v) is 6.31. The van der Waals surface area contributed by atoms with Crippen molar-refractivity contribution in [1.82, 2.24) is 9.03 Å². The van der Waals surface area contributed by atoms with Crippen molar-refractivity contribution in [3.8, 4) is 0 Å². The number of hydrogen-bond acceptors (Lipinski definition) is 2. The summed E-state index contributed by atoms with van der Waals surface area (Å²) >= 11 is 0. The van der Waals surface area contributed by atoms with Gasteiger partial charge in [-0.3, -0.25) is 0 Å². The largest absolute Gasteiger partial charge is 0.279 e. The summed E-state index contributed by atoms with van der Waals surface area (Å²) in [5.74, 6) is 0.458. The monoisotopic (exact) mass is 308 g/mol. The Morgan fingerprint density at radius 3 is 2.62 bits per heavy atom. The van der Waals surface area contributed by atoms with Crippen LogP contribution >= 0.6 is 0 Å². The number of nitrogens with zero attached hydrogens (tertiary/aromatic N) is 1. The van der Waals surface area contributed by atoms with Gasteiger partial charge in [0.1, 0.15) is 0 Å². The van der Waals surface area contributed by atoms with E-state index in [1.54, 1.807) is 4.31 Å². The Morgan fingerprint density at radius 1 is 1.29 bits per heavy atom. The molecule has 4 nitrogen and oxygen atoms in total. The Morgan fingerprint density at radius 2 is 2.00 bits per heavy atom. The second-order valence-electron chi connectivity index (χ2n) is 6.58. The first-order valence-electron chi connectivity index (χ1n) is 7.82. The van der Waals surface area contributed by atoms with Crippen LogP contribution in [-0.2, 0) is 15.6 Å². The second kappa shape index (κ2) is 5.71. The minimum absolute atomic E-state index is 0.0235. The molecule has 3 rings (SSSR count). The van der Waals surface area contributed by atoms with E-state index in [9.17, 15) is 8.42 Å². The average Bonchev–Trinajstić information content (AvgIpc) is 3.28. The van der Waals surface area contributed by atoms with Crippen LogP contribution in [0.5, 0.6) is 0 Å². The van der Waals surface area contributed by atoms with Crippen LogP contribution in [0.15, 0.2) is 30.3 Å². The lowest BCUT2D eigenvalue weighted by Crippen LogP contribution is -2.47. The number of piperidine rings is 1. The molecule has 5 heteroatoms. The van der Waals surface area contributed by atoms with E-state index in [1.165, 1.54) is 5.56 Å². The van der Waals surface area contributed by atoms with E-state index in [0.717, 1.165) is 25.7 Å². The first-order chi connectivity index (χ1) is 10.0. The SMILES string of the molecule is C[C@@H]1CCCN(S(=O)(=O)NCC2(c3ccccc3)CC2)C1. The maximum absolute atomic E-state index is 12.5. The smallest absolute Gasteiger partial charge is 0.201 e. The van der Waals surface area contributed by atoms with Crippen molar-refractivity contribution in [2.24, 2.45) is 5.92 Å². The molecule has 1 heterocycles. The van der Waals surface area contributed by atoms with E-state index in [1.807, 2.05) is 18.2 Å². The van der Waals surface area contributed by atoms with Crippen LogP contribution < -0.4 is 4.72 Å². The van der Waals surface area contributed by atoms with Gasteiger partial charge >= 0.3 is 0 Å². The molecule has 1 aromatic rings. The molecule has 0 spiro atoms. The van der Waals surface area contributed by atoms with Crippen molar-refractivity contribution in [1.29, 1.82) is 0 Å². The fraction of sp³-hybridized carbons (Fsp3) is 0.625. The highest BCUT2D eigenvalue weighted by molar-refractivity contribution is 7.87. The van der Waals surface area contributed by atoms with Gasteiger partial charge in [-0.2, -0.15) is 12.7 Å². The zero-order chi connectivity index (χ0) is 14.9. The molecule has 0 unspecified atom stereocenters. The van der Waals surface area contributed by atoms with Crippen molar-refractivity contribution >= 4 is 10.2 Å². The molecule has 1 aliphatic heterocycles. The highest BCUT2D eigenvalue weighted by Crippen LogP contribution is 2.47. The van der Waals surface area contributed by atoms with Crippen molar-refractivity contribution in [2.45, 2.75) is 38.0 Å². The van der Waals surface area contributed by atoms with Gasteiger partial charge in [0.15, 0.2) is 0 Å². The average molecular weight is 308 g/mol. The summed E-state index contributed by atoms with van der Waals surface area (Å²) in [6.07, 6.45) is 4.22. The third-order valence-electron chi connectivity index (χ3n) is 4.79. The Labute approximate surface area is 127 Å². The molecular formula is C16H24N2O2S. The highest BCUT2D eigenvalue weighted by Gasteiger charge is 2.45. The second-order valence-corrected chi connectivity index (χ2v) is 8.33. The van der Waals surface area contributed by atoms with Crippen molar-refractivity contribution in [3.05, 3.63) is 35.9 Å². The molecule has 21 heavy (non-hydrogen) atoms. The van der Waals surface area contributed by atoms with Gasteiger partial charge in [-0.25, -0.2) is 4.72 Å². The summed E-state index contributed by atoms with van der Waals surface area (Å²) in [5, 5.41) is 0. The lowest BCUT2D eigenvalue weighted by atomic mass is 9.96. The van der Waals surface area contributed by atoms with Crippen LogP contribution in [0.4, 0.5) is 0 Å². The fourth-order valence-corrected chi connectivity index (χ4v) is 4.66. The molecule has 116 valence electrons. The van der Waals surface area contributed by atoms with E-state index >= 15 is 0 Å².